The van der Waals surface area contributed by atoms with Gasteiger partial charge < -0.3 is 9.64 Å². The Morgan fingerprint density at radius 3 is 2.20 bits per heavy atom. The van der Waals surface area contributed by atoms with E-state index in [2.05, 4.69) is 0 Å². The van der Waals surface area contributed by atoms with E-state index in [9.17, 15) is 9.59 Å². The lowest BCUT2D eigenvalue weighted by Crippen LogP contribution is -2.39. The Hall–Kier alpha value is -4.55. The van der Waals surface area contributed by atoms with Crippen LogP contribution in [0.25, 0.3) is 16.6 Å². The fourth-order valence-corrected chi connectivity index (χ4v) is 4.82. The molecule has 0 radical (unpaired) electrons. The van der Waals surface area contributed by atoms with E-state index in [1.54, 1.807) is 15.5 Å². The number of para-hydroxylation sites is 1. The fourth-order valence-electron chi connectivity index (χ4n) is 4.82. The second-order valence-electron chi connectivity index (χ2n) is 10.1. The lowest BCUT2D eigenvalue weighted by molar-refractivity contribution is -0.139. The van der Waals surface area contributed by atoms with Gasteiger partial charge in [-0.05, 0) is 67.3 Å². The zero-order valence-electron chi connectivity index (χ0n) is 23.1. The summed E-state index contributed by atoms with van der Waals surface area (Å²) < 4.78 is 7.49. The molecule has 40 heavy (non-hydrogen) atoms. The zero-order valence-corrected chi connectivity index (χ0v) is 23.1. The molecule has 0 aliphatic carbocycles. The summed E-state index contributed by atoms with van der Waals surface area (Å²) in [5, 5.41) is 0.531. The van der Waals surface area contributed by atoms with Crippen LogP contribution in [-0.4, -0.2) is 27.0 Å². The van der Waals surface area contributed by atoms with Gasteiger partial charge in [-0.1, -0.05) is 78.9 Å². The van der Waals surface area contributed by atoms with Crippen LogP contribution < -0.4 is 5.56 Å². The molecule has 5 aromatic rings. The van der Waals surface area contributed by atoms with Crippen molar-refractivity contribution in [2.24, 2.45) is 0 Å². The van der Waals surface area contributed by atoms with Crippen molar-refractivity contribution in [2.75, 3.05) is 6.61 Å². The number of aryl methyl sites for hydroxylation is 2. The molecule has 1 amide bonds. The molecule has 0 spiro atoms. The van der Waals surface area contributed by atoms with Gasteiger partial charge in [0.05, 0.1) is 29.2 Å². The molecule has 0 bridgehead atoms. The molecule has 202 valence electrons. The molecule has 0 fully saturated rings. The summed E-state index contributed by atoms with van der Waals surface area (Å²) in [5.74, 6) is 0.320. The molecule has 1 unspecified atom stereocenters. The molecule has 5 rings (SSSR count). The number of rotatable bonds is 9. The SMILES string of the molecule is Cc1ccc(-n2c(C(C)N(Cc3ccccc3)C(=O)COCc3ccccc3)nc3ccccc3c2=O)cc1C. The Morgan fingerprint density at radius 2 is 1.50 bits per heavy atom. The van der Waals surface area contributed by atoms with Gasteiger partial charge in [-0.3, -0.25) is 14.2 Å². The van der Waals surface area contributed by atoms with Crippen LogP contribution in [0.15, 0.2) is 108 Å². The molecule has 0 N–H and O–H groups in total. The molecule has 1 atom stereocenters. The van der Waals surface area contributed by atoms with Gasteiger partial charge >= 0.3 is 0 Å². The minimum Gasteiger partial charge on any atom is -0.367 e. The van der Waals surface area contributed by atoms with E-state index in [1.807, 2.05) is 118 Å². The molecule has 0 aliphatic heterocycles. The largest absolute Gasteiger partial charge is 0.367 e. The van der Waals surface area contributed by atoms with Gasteiger partial charge in [-0.15, -0.1) is 0 Å². The van der Waals surface area contributed by atoms with Gasteiger partial charge in [-0.25, -0.2) is 4.98 Å². The standard InChI is InChI=1S/C34H33N3O3/c1-24-18-19-29(20-25(24)2)37-33(35-31-17-11-10-16-30(31)34(37)39)26(3)36(21-27-12-6-4-7-13-27)32(38)23-40-22-28-14-8-5-9-15-28/h4-20,26H,21-23H2,1-3H3. The molecule has 0 aliphatic rings. The lowest BCUT2D eigenvalue weighted by atomic mass is 10.1. The van der Waals surface area contributed by atoms with Gasteiger partial charge in [0, 0.05) is 6.54 Å². The second-order valence-corrected chi connectivity index (χ2v) is 10.1. The first-order valence-electron chi connectivity index (χ1n) is 13.5. The van der Waals surface area contributed by atoms with E-state index in [-0.39, 0.29) is 18.1 Å². The number of hydrogen-bond acceptors (Lipinski definition) is 4. The first kappa shape index (κ1) is 27.0. The summed E-state index contributed by atoms with van der Waals surface area (Å²) in [5.41, 5.74) is 5.34. The van der Waals surface area contributed by atoms with Crippen LogP contribution in [0.3, 0.4) is 0 Å². The van der Waals surface area contributed by atoms with Crippen molar-refractivity contribution in [1.82, 2.24) is 14.5 Å². The van der Waals surface area contributed by atoms with Gasteiger partial charge in [0.25, 0.3) is 5.56 Å². The third-order valence-corrected chi connectivity index (χ3v) is 7.24. The van der Waals surface area contributed by atoms with Crippen molar-refractivity contribution in [3.63, 3.8) is 0 Å². The first-order valence-corrected chi connectivity index (χ1v) is 13.5. The minimum absolute atomic E-state index is 0.0898. The number of ether oxygens (including phenoxy) is 1. The Balaban J connectivity index is 1.56. The van der Waals surface area contributed by atoms with Gasteiger partial charge in [0.15, 0.2) is 0 Å². The normalized spacial score (nSPS) is 11.9. The van der Waals surface area contributed by atoms with E-state index in [0.29, 0.717) is 29.9 Å². The third kappa shape index (κ3) is 5.87. The van der Waals surface area contributed by atoms with E-state index in [4.69, 9.17) is 9.72 Å². The summed E-state index contributed by atoms with van der Waals surface area (Å²) in [6.07, 6.45) is 0. The van der Waals surface area contributed by atoms with Crippen LogP contribution in [0.2, 0.25) is 0 Å². The van der Waals surface area contributed by atoms with Crippen LogP contribution in [-0.2, 0) is 22.7 Å². The molecule has 1 aromatic heterocycles. The highest BCUT2D eigenvalue weighted by atomic mass is 16.5. The van der Waals surface area contributed by atoms with Crippen LogP contribution in [0.1, 0.15) is 41.0 Å². The number of aromatic nitrogens is 2. The summed E-state index contributed by atoms with van der Waals surface area (Å²) in [7, 11) is 0. The van der Waals surface area contributed by atoms with Crippen LogP contribution in [0, 0.1) is 13.8 Å². The average Bonchev–Trinajstić information content (AvgIpc) is 2.98. The fraction of sp³-hybridized carbons (Fsp3) is 0.206. The van der Waals surface area contributed by atoms with Crippen molar-refractivity contribution in [3.8, 4) is 5.69 Å². The highest BCUT2D eigenvalue weighted by Crippen LogP contribution is 2.26. The Labute approximate surface area is 234 Å². The number of carbonyl (C=O) groups is 1. The number of hydrogen-bond donors (Lipinski definition) is 0. The quantitative estimate of drug-likeness (QED) is 0.224. The maximum Gasteiger partial charge on any atom is 0.266 e. The molecular formula is C34H33N3O3. The highest BCUT2D eigenvalue weighted by molar-refractivity contribution is 5.79. The molecule has 6 heteroatoms. The van der Waals surface area contributed by atoms with E-state index in [1.165, 1.54) is 0 Å². The minimum atomic E-state index is -0.521. The van der Waals surface area contributed by atoms with E-state index in [0.717, 1.165) is 27.9 Å². The Bertz CT molecular complexity index is 1680. The maximum absolute atomic E-state index is 13.9. The predicted molar refractivity (Wildman–Crippen MR) is 158 cm³/mol. The number of benzene rings is 4. The number of fused-ring (bicyclic) bond motifs is 1. The van der Waals surface area contributed by atoms with Crippen molar-refractivity contribution in [2.45, 2.75) is 40.0 Å². The van der Waals surface area contributed by atoms with Crippen LogP contribution >= 0.6 is 0 Å². The second kappa shape index (κ2) is 12.1. The molecule has 0 saturated heterocycles. The lowest BCUT2D eigenvalue weighted by Gasteiger charge is -2.31. The van der Waals surface area contributed by atoms with Crippen molar-refractivity contribution < 1.29 is 9.53 Å². The average molecular weight is 532 g/mol. The van der Waals surface area contributed by atoms with Crippen molar-refractivity contribution in [3.05, 3.63) is 142 Å². The molecule has 4 aromatic carbocycles. The molecule has 6 nitrogen and oxygen atoms in total. The van der Waals surface area contributed by atoms with E-state index < -0.39 is 6.04 Å². The Kier molecular flexibility index (Phi) is 8.18. The monoisotopic (exact) mass is 531 g/mol. The van der Waals surface area contributed by atoms with Crippen molar-refractivity contribution >= 4 is 16.8 Å². The molecule has 0 saturated carbocycles. The van der Waals surface area contributed by atoms with Crippen LogP contribution in [0.4, 0.5) is 0 Å². The van der Waals surface area contributed by atoms with Gasteiger partial charge in [0.1, 0.15) is 12.4 Å². The smallest absolute Gasteiger partial charge is 0.266 e. The number of nitrogens with zero attached hydrogens (tertiary/aromatic N) is 3. The first-order chi connectivity index (χ1) is 19.4. The summed E-state index contributed by atoms with van der Waals surface area (Å²) >= 11 is 0. The topological polar surface area (TPSA) is 64.4 Å². The highest BCUT2D eigenvalue weighted by Gasteiger charge is 2.27. The number of amides is 1. The van der Waals surface area contributed by atoms with E-state index >= 15 is 0 Å². The summed E-state index contributed by atoms with van der Waals surface area (Å²) in [6, 6.07) is 32.4. The van der Waals surface area contributed by atoms with Gasteiger partial charge in [-0.2, -0.15) is 0 Å². The van der Waals surface area contributed by atoms with Crippen LogP contribution in [0.5, 0.6) is 0 Å². The summed E-state index contributed by atoms with van der Waals surface area (Å²) in [6.45, 7) is 6.59. The maximum atomic E-state index is 13.9. The predicted octanol–water partition coefficient (Wildman–Crippen LogP) is 6.31. The Morgan fingerprint density at radius 1 is 0.850 bits per heavy atom. The molecular weight excluding hydrogens is 498 g/mol. The van der Waals surface area contributed by atoms with Crippen molar-refractivity contribution in [1.29, 1.82) is 0 Å². The molecule has 1 heterocycles. The van der Waals surface area contributed by atoms with Gasteiger partial charge in [0.2, 0.25) is 5.91 Å². The third-order valence-electron chi connectivity index (χ3n) is 7.24. The number of carbonyl (C=O) groups excluding carboxylic acids is 1. The summed E-state index contributed by atoms with van der Waals surface area (Å²) in [4.78, 5) is 34.4. The zero-order chi connectivity index (χ0) is 28.1.